The molecule has 1 fully saturated rings. The number of ether oxygens (including phenoxy) is 1. The van der Waals surface area contributed by atoms with Crippen molar-refractivity contribution in [3.8, 4) is 0 Å². The molecule has 0 aliphatic heterocycles. The average Bonchev–Trinajstić information content (AvgIpc) is 3.43. The second-order valence-corrected chi connectivity index (χ2v) is 19.8. The molecule has 1 aliphatic carbocycles. The van der Waals surface area contributed by atoms with Gasteiger partial charge in [-0.05, 0) is 0 Å². The summed E-state index contributed by atoms with van der Waals surface area (Å²) in [5.74, 6) is -0.816. The van der Waals surface area contributed by atoms with Gasteiger partial charge in [0.15, 0.2) is 0 Å². The molecule has 0 radical (unpaired) electrons. The summed E-state index contributed by atoms with van der Waals surface area (Å²) in [6, 6.07) is 17.0. The number of benzene rings is 2. The standard InChI is InChI=1S/C22H28O4SSeSi/c1-16-11-13-17(14-12-16)27(24,25)22(21(23)26-2)15-19(22)20(29(3,4)5)28-18-9-7-6-8-10-18/h6-14,19-20H,15H2,1-5H3/t19-,20+,22+/m0/s1. The van der Waals surface area contributed by atoms with Crippen LogP contribution in [0.5, 0.6) is 0 Å². The fourth-order valence-electron chi connectivity index (χ4n) is 3.88. The minimum atomic E-state index is -3.84. The number of rotatable bonds is 7. The van der Waals surface area contributed by atoms with E-state index in [2.05, 4.69) is 31.8 Å². The molecule has 0 spiro atoms. The maximum absolute atomic E-state index is 13.6. The Kier molecular flexibility index (Phi) is 6.17. The maximum atomic E-state index is 13.6. The van der Waals surface area contributed by atoms with Gasteiger partial charge in [-0.1, -0.05) is 0 Å². The van der Waals surface area contributed by atoms with Gasteiger partial charge in [-0.15, -0.1) is 0 Å². The molecular formula is C22H28O4SSeSi. The first-order chi connectivity index (χ1) is 13.5. The monoisotopic (exact) mass is 496 g/mol. The normalized spacial score (nSPS) is 22.7. The Morgan fingerprint density at radius 3 is 2.21 bits per heavy atom. The number of carbonyl (C=O) groups excluding carboxylic acids is 1. The van der Waals surface area contributed by atoms with E-state index in [0.29, 0.717) is 6.42 Å². The Labute approximate surface area is 181 Å². The Bertz CT molecular complexity index is 984. The van der Waals surface area contributed by atoms with E-state index >= 15 is 0 Å². The average molecular weight is 496 g/mol. The number of sulfone groups is 1. The second kappa shape index (κ2) is 8.03. The molecular weight excluding hydrogens is 467 g/mol. The first-order valence-corrected chi connectivity index (χ1v) is 16.6. The van der Waals surface area contributed by atoms with Crippen LogP contribution in [0.3, 0.4) is 0 Å². The van der Waals surface area contributed by atoms with Gasteiger partial charge in [-0.25, -0.2) is 0 Å². The molecule has 0 aromatic heterocycles. The van der Waals surface area contributed by atoms with Crippen molar-refractivity contribution in [3.05, 3.63) is 60.2 Å². The quantitative estimate of drug-likeness (QED) is 0.437. The van der Waals surface area contributed by atoms with Crippen LogP contribution < -0.4 is 4.46 Å². The van der Waals surface area contributed by atoms with E-state index in [4.69, 9.17) is 4.74 Å². The van der Waals surface area contributed by atoms with Gasteiger partial charge in [-0.2, -0.15) is 0 Å². The van der Waals surface area contributed by atoms with Crippen molar-refractivity contribution in [3.63, 3.8) is 0 Å². The molecule has 4 nitrogen and oxygen atoms in total. The predicted molar refractivity (Wildman–Crippen MR) is 120 cm³/mol. The Hall–Kier alpha value is -1.40. The van der Waals surface area contributed by atoms with Crippen molar-refractivity contribution in [1.82, 2.24) is 0 Å². The van der Waals surface area contributed by atoms with Crippen molar-refractivity contribution >= 4 is 43.3 Å². The molecule has 0 saturated heterocycles. The van der Waals surface area contributed by atoms with E-state index in [0.717, 1.165) is 5.56 Å². The van der Waals surface area contributed by atoms with Gasteiger partial charge in [0, 0.05) is 0 Å². The molecule has 1 aliphatic rings. The SMILES string of the molecule is COC(=O)[C@@]1(S(=O)(=O)c2ccc(C)cc2)C[C@H]1[C@H]([Se]c1ccccc1)[Si](C)(C)C. The first-order valence-electron chi connectivity index (χ1n) is 9.65. The molecule has 3 atom stereocenters. The van der Waals surface area contributed by atoms with Crippen molar-refractivity contribution in [1.29, 1.82) is 0 Å². The summed E-state index contributed by atoms with van der Waals surface area (Å²) in [6.07, 6.45) is 0.347. The van der Waals surface area contributed by atoms with Crippen molar-refractivity contribution in [2.24, 2.45) is 5.92 Å². The summed E-state index contributed by atoms with van der Waals surface area (Å²) >= 11 is 0.0922. The molecule has 0 amide bonds. The molecule has 156 valence electrons. The zero-order valence-corrected chi connectivity index (χ0v) is 21.0. The van der Waals surface area contributed by atoms with Crippen LogP contribution >= 0.6 is 0 Å². The molecule has 0 bridgehead atoms. The number of hydrogen-bond donors (Lipinski definition) is 0. The molecule has 0 heterocycles. The summed E-state index contributed by atoms with van der Waals surface area (Å²) < 4.78 is 32.3. The van der Waals surface area contributed by atoms with E-state index < -0.39 is 28.6 Å². The predicted octanol–water partition coefficient (Wildman–Crippen LogP) is 3.40. The molecule has 0 N–H and O–H groups in total. The van der Waals surface area contributed by atoms with Crippen LogP contribution in [0.1, 0.15) is 12.0 Å². The third-order valence-electron chi connectivity index (χ3n) is 5.53. The number of methoxy groups -OCH3 is 1. The zero-order chi connectivity index (χ0) is 21.4. The van der Waals surface area contributed by atoms with Gasteiger partial charge in [0.2, 0.25) is 0 Å². The summed E-state index contributed by atoms with van der Waals surface area (Å²) in [4.78, 5) is 13.1. The first kappa shape index (κ1) is 22.3. The number of hydrogen-bond acceptors (Lipinski definition) is 4. The van der Waals surface area contributed by atoms with Gasteiger partial charge in [0.1, 0.15) is 0 Å². The summed E-state index contributed by atoms with van der Waals surface area (Å²) in [7, 11) is -4.31. The fraction of sp³-hybridized carbons (Fsp3) is 0.409. The Morgan fingerprint density at radius 2 is 1.69 bits per heavy atom. The third-order valence-corrected chi connectivity index (χ3v) is 17.6. The van der Waals surface area contributed by atoms with Crippen LogP contribution in [0.15, 0.2) is 59.5 Å². The fourth-order valence-corrected chi connectivity index (χ4v) is 13.6. The van der Waals surface area contributed by atoms with Crippen molar-refractivity contribution in [2.75, 3.05) is 7.11 Å². The van der Waals surface area contributed by atoms with Crippen LogP contribution in [-0.2, 0) is 19.4 Å². The second-order valence-electron chi connectivity index (χ2n) is 8.73. The number of aryl methyl sites for hydroxylation is 1. The Balaban J connectivity index is 2.04. The molecule has 0 unspecified atom stereocenters. The van der Waals surface area contributed by atoms with Crippen LogP contribution in [0.2, 0.25) is 24.1 Å². The van der Waals surface area contributed by atoms with Gasteiger partial charge in [0.05, 0.1) is 0 Å². The van der Waals surface area contributed by atoms with Crippen molar-refractivity contribution < 1.29 is 17.9 Å². The van der Waals surface area contributed by atoms with Gasteiger partial charge in [0.25, 0.3) is 0 Å². The molecule has 7 heteroatoms. The van der Waals surface area contributed by atoms with Gasteiger partial charge in [-0.3, -0.25) is 0 Å². The van der Waals surface area contributed by atoms with Crippen molar-refractivity contribution in [2.45, 2.75) is 47.1 Å². The zero-order valence-electron chi connectivity index (χ0n) is 17.5. The summed E-state index contributed by atoms with van der Waals surface area (Å²) in [5.41, 5.74) is 0.982. The topological polar surface area (TPSA) is 60.4 Å². The van der Waals surface area contributed by atoms with Crippen LogP contribution in [0.4, 0.5) is 0 Å². The third kappa shape index (κ3) is 4.11. The van der Waals surface area contributed by atoms with Crippen LogP contribution in [-0.4, -0.2) is 49.3 Å². The van der Waals surface area contributed by atoms with E-state index in [1.54, 1.807) is 24.3 Å². The van der Waals surface area contributed by atoms with Gasteiger partial charge < -0.3 is 0 Å². The van der Waals surface area contributed by atoms with E-state index in [-0.39, 0.29) is 30.2 Å². The van der Waals surface area contributed by atoms with E-state index in [9.17, 15) is 13.2 Å². The molecule has 2 aromatic rings. The number of carbonyl (C=O) groups is 1. The van der Waals surface area contributed by atoms with Crippen LogP contribution in [0, 0.1) is 12.8 Å². The molecule has 29 heavy (non-hydrogen) atoms. The summed E-state index contributed by atoms with van der Waals surface area (Å²) in [6.45, 7) is 8.71. The van der Waals surface area contributed by atoms with Crippen LogP contribution in [0.25, 0.3) is 0 Å². The minimum absolute atomic E-state index is 0.0922. The number of esters is 1. The van der Waals surface area contributed by atoms with E-state index in [1.165, 1.54) is 11.6 Å². The van der Waals surface area contributed by atoms with E-state index in [1.807, 2.05) is 25.1 Å². The molecule has 2 aromatic carbocycles. The van der Waals surface area contributed by atoms with Gasteiger partial charge >= 0.3 is 182 Å². The molecule has 3 rings (SSSR count). The Morgan fingerprint density at radius 1 is 1.10 bits per heavy atom. The summed E-state index contributed by atoms with van der Waals surface area (Å²) in [5, 5.41) is 0. The molecule has 1 saturated carbocycles.